The second kappa shape index (κ2) is 6.31. The van der Waals surface area contributed by atoms with E-state index in [0.29, 0.717) is 0 Å². The topological polar surface area (TPSA) is 138 Å². The molecular formula is C10H18N2O6S. The van der Waals surface area contributed by atoms with Gasteiger partial charge in [0, 0.05) is 25.9 Å². The van der Waals surface area contributed by atoms with Crippen LogP contribution in [0.15, 0.2) is 0 Å². The molecule has 1 aliphatic heterocycles. The Balaban J connectivity index is 2.51. The maximum atomic E-state index is 11.6. The fourth-order valence-electron chi connectivity index (χ4n) is 2.00. The van der Waals surface area contributed by atoms with Crippen molar-refractivity contribution < 1.29 is 28.2 Å². The number of carboxylic acid groups (broad SMARTS) is 1. The van der Waals surface area contributed by atoms with E-state index in [9.17, 15) is 23.1 Å². The molecule has 1 amide bonds. The molecule has 1 saturated heterocycles. The van der Waals surface area contributed by atoms with Crippen LogP contribution in [0.5, 0.6) is 0 Å². The van der Waals surface area contributed by atoms with Gasteiger partial charge in [-0.3, -0.25) is 14.5 Å². The van der Waals surface area contributed by atoms with E-state index in [1.807, 2.05) is 0 Å². The average Bonchev–Trinajstić information content (AvgIpc) is 2.66. The summed E-state index contributed by atoms with van der Waals surface area (Å²) in [4.78, 5) is 22.9. The first-order valence-electron chi connectivity index (χ1n) is 5.85. The molecule has 1 aliphatic rings. The van der Waals surface area contributed by atoms with Gasteiger partial charge in [0.2, 0.25) is 5.91 Å². The maximum Gasteiger partial charge on any atom is 0.321 e. The van der Waals surface area contributed by atoms with Crippen molar-refractivity contribution in [2.75, 3.05) is 24.6 Å². The summed E-state index contributed by atoms with van der Waals surface area (Å²) < 4.78 is 23.2. The van der Waals surface area contributed by atoms with Gasteiger partial charge < -0.3 is 15.9 Å². The SMILES string of the molecule is NC(=O)CCS(=O)(=O)CCN1CC(O)CC1C(=O)O. The largest absolute Gasteiger partial charge is 0.480 e. The van der Waals surface area contributed by atoms with Gasteiger partial charge in [-0.15, -0.1) is 0 Å². The number of aliphatic hydroxyl groups excluding tert-OH is 1. The van der Waals surface area contributed by atoms with E-state index in [4.69, 9.17) is 10.8 Å². The Morgan fingerprint density at radius 3 is 2.47 bits per heavy atom. The fourth-order valence-corrected chi connectivity index (χ4v) is 3.23. The van der Waals surface area contributed by atoms with Crippen molar-refractivity contribution in [3.05, 3.63) is 0 Å². The molecule has 0 bridgehead atoms. The molecule has 19 heavy (non-hydrogen) atoms. The number of rotatable bonds is 7. The highest BCUT2D eigenvalue weighted by Gasteiger charge is 2.36. The molecule has 0 aromatic heterocycles. The zero-order chi connectivity index (χ0) is 14.6. The highest BCUT2D eigenvalue weighted by molar-refractivity contribution is 7.91. The molecule has 9 heteroatoms. The standard InChI is InChI=1S/C10H18N2O6S/c11-9(14)1-3-19(17,18)4-2-12-6-7(13)5-8(12)10(15)16/h7-8,13H,1-6H2,(H2,11,14)(H,15,16). The third-order valence-electron chi connectivity index (χ3n) is 3.02. The summed E-state index contributed by atoms with van der Waals surface area (Å²) in [6, 6.07) is -0.860. The number of hydrogen-bond donors (Lipinski definition) is 3. The minimum Gasteiger partial charge on any atom is -0.480 e. The van der Waals surface area contributed by atoms with Gasteiger partial charge in [0.1, 0.15) is 6.04 Å². The van der Waals surface area contributed by atoms with Crippen LogP contribution in [0.25, 0.3) is 0 Å². The molecule has 4 N–H and O–H groups in total. The molecule has 0 spiro atoms. The van der Waals surface area contributed by atoms with E-state index in [1.54, 1.807) is 0 Å². The van der Waals surface area contributed by atoms with Gasteiger partial charge in [-0.1, -0.05) is 0 Å². The molecule has 2 atom stereocenters. The molecule has 1 fully saturated rings. The number of hydrogen-bond acceptors (Lipinski definition) is 6. The average molecular weight is 294 g/mol. The molecule has 0 radical (unpaired) electrons. The van der Waals surface area contributed by atoms with Crippen molar-refractivity contribution >= 4 is 21.7 Å². The minimum absolute atomic E-state index is 0.0229. The second-order valence-corrected chi connectivity index (χ2v) is 6.91. The lowest BCUT2D eigenvalue weighted by Crippen LogP contribution is -2.39. The number of aliphatic hydroxyl groups is 1. The van der Waals surface area contributed by atoms with Crippen LogP contribution in [0.4, 0.5) is 0 Å². The molecule has 0 aromatic carbocycles. The van der Waals surface area contributed by atoms with Crippen LogP contribution in [-0.4, -0.2) is 72.1 Å². The van der Waals surface area contributed by atoms with Crippen molar-refractivity contribution in [2.24, 2.45) is 5.73 Å². The van der Waals surface area contributed by atoms with Crippen LogP contribution in [0, 0.1) is 0 Å². The molecule has 0 saturated carbocycles. The van der Waals surface area contributed by atoms with Crippen LogP contribution in [-0.2, 0) is 19.4 Å². The molecule has 0 aromatic rings. The van der Waals surface area contributed by atoms with Crippen LogP contribution < -0.4 is 5.73 Å². The van der Waals surface area contributed by atoms with Crippen LogP contribution in [0.3, 0.4) is 0 Å². The molecule has 110 valence electrons. The number of nitrogens with two attached hydrogens (primary N) is 1. The monoisotopic (exact) mass is 294 g/mol. The lowest BCUT2D eigenvalue weighted by Gasteiger charge is -2.20. The number of β-amino-alcohol motifs (C(OH)–C–C–N with tert-alkyl or cyclic N) is 1. The number of likely N-dealkylation sites (tertiary alicyclic amines) is 1. The summed E-state index contributed by atoms with van der Waals surface area (Å²) in [5.74, 6) is -2.36. The lowest BCUT2D eigenvalue weighted by atomic mass is 10.2. The Labute approximate surface area is 111 Å². The van der Waals surface area contributed by atoms with Gasteiger partial charge in [-0.05, 0) is 0 Å². The molecule has 0 aliphatic carbocycles. The van der Waals surface area contributed by atoms with Crippen molar-refractivity contribution in [1.82, 2.24) is 4.90 Å². The summed E-state index contributed by atoms with van der Waals surface area (Å²) >= 11 is 0. The third kappa shape index (κ3) is 5.13. The minimum atomic E-state index is -3.45. The Kier molecular flexibility index (Phi) is 5.27. The summed E-state index contributed by atoms with van der Waals surface area (Å²) in [5, 5.41) is 18.4. The Bertz CT molecular complexity index is 449. The van der Waals surface area contributed by atoms with E-state index < -0.39 is 33.9 Å². The zero-order valence-electron chi connectivity index (χ0n) is 10.4. The highest BCUT2D eigenvalue weighted by atomic mass is 32.2. The van der Waals surface area contributed by atoms with Crippen molar-refractivity contribution in [1.29, 1.82) is 0 Å². The molecule has 2 unspecified atom stereocenters. The molecular weight excluding hydrogens is 276 g/mol. The normalized spacial score (nSPS) is 24.5. The van der Waals surface area contributed by atoms with Gasteiger partial charge in [0.25, 0.3) is 0 Å². The summed E-state index contributed by atoms with van der Waals surface area (Å²) in [6.07, 6.45) is -0.904. The van der Waals surface area contributed by atoms with E-state index >= 15 is 0 Å². The number of primary amides is 1. The summed E-state index contributed by atoms with van der Waals surface area (Å²) in [5.41, 5.74) is 4.87. The summed E-state index contributed by atoms with van der Waals surface area (Å²) in [6.45, 7) is 0.164. The first kappa shape index (κ1) is 15.9. The van der Waals surface area contributed by atoms with E-state index in [0.717, 1.165) is 0 Å². The Morgan fingerprint density at radius 2 is 1.95 bits per heavy atom. The van der Waals surface area contributed by atoms with Crippen molar-refractivity contribution in [3.63, 3.8) is 0 Å². The number of nitrogens with zero attached hydrogens (tertiary/aromatic N) is 1. The van der Waals surface area contributed by atoms with Gasteiger partial charge in [-0.25, -0.2) is 8.42 Å². The molecule has 1 heterocycles. The predicted octanol–water partition coefficient (Wildman–Crippen LogP) is -2.20. The smallest absolute Gasteiger partial charge is 0.321 e. The fraction of sp³-hybridized carbons (Fsp3) is 0.800. The Morgan fingerprint density at radius 1 is 1.32 bits per heavy atom. The van der Waals surface area contributed by atoms with Crippen molar-refractivity contribution in [3.8, 4) is 0 Å². The third-order valence-corrected chi connectivity index (χ3v) is 4.65. The second-order valence-electron chi connectivity index (χ2n) is 4.61. The predicted molar refractivity (Wildman–Crippen MR) is 66.1 cm³/mol. The van der Waals surface area contributed by atoms with Crippen molar-refractivity contribution in [2.45, 2.75) is 25.0 Å². The quantitative estimate of drug-likeness (QED) is 0.484. The van der Waals surface area contributed by atoms with E-state index in [1.165, 1.54) is 4.90 Å². The number of amides is 1. The van der Waals surface area contributed by atoms with Gasteiger partial charge in [0.05, 0.1) is 17.6 Å². The number of carboxylic acids is 1. The number of carbonyl (C=O) groups is 2. The first-order valence-corrected chi connectivity index (χ1v) is 7.67. The first-order chi connectivity index (χ1) is 8.71. The lowest BCUT2D eigenvalue weighted by molar-refractivity contribution is -0.142. The highest BCUT2D eigenvalue weighted by Crippen LogP contribution is 2.17. The summed E-state index contributed by atoms with van der Waals surface area (Å²) in [7, 11) is -3.45. The van der Waals surface area contributed by atoms with E-state index in [-0.39, 0.29) is 37.4 Å². The van der Waals surface area contributed by atoms with Gasteiger partial charge in [-0.2, -0.15) is 0 Å². The van der Waals surface area contributed by atoms with Crippen LogP contribution in [0.1, 0.15) is 12.8 Å². The number of carbonyl (C=O) groups excluding carboxylic acids is 1. The molecule has 1 rings (SSSR count). The van der Waals surface area contributed by atoms with Gasteiger partial charge in [0.15, 0.2) is 9.84 Å². The van der Waals surface area contributed by atoms with E-state index in [2.05, 4.69) is 0 Å². The van der Waals surface area contributed by atoms with Crippen LogP contribution in [0.2, 0.25) is 0 Å². The zero-order valence-corrected chi connectivity index (χ0v) is 11.2. The van der Waals surface area contributed by atoms with Gasteiger partial charge >= 0.3 is 5.97 Å². The Hall–Kier alpha value is -1.19. The number of aliphatic carboxylic acids is 1. The number of sulfone groups is 1. The molecule has 8 nitrogen and oxygen atoms in total. The van der Waals surface area contributed by atoms with Crippen LogP contribution >= 0.6 is 0 Å². The maximum absolute atomic E-state index is 11.6.